The van der Waals surface area contributed by atoms with Crippen molar-refractivity contribution in [1.82, 2.24) is 10.2 Å². The van der Waals surface area contributed by atoms with Gasteiger partial charge in [0, 0.05) is 6.04 Å². The summed E-state index contributed by atoms with van der Waals surface area (Å²) in [4.78, 5) is 0. The van der Waals surface area contributed by atoms with E-state index in [1.165, 1.54) is 0 Å². The number of nitrogens with one attached hydrogen (secondary N) is 1. The van der Waals surface area contributed by atoms with Crippen LogP contribution in [-0.2, 0) is 0 Å². The van der Waals surface area contributed by atoms with Crippen LogP contribution in [0, 0.1) is 0 Å². The molecule has 0 radical (unpaired) electrons. The monoisotopic (exact) mass is 249 g/mol. The number of aromatic nitrogens is 2. The van der Waals surface area contributed by atoms with Crippen molar-refractivity contribution in [2.45, 2.75) is 19.9 Å². The Kier molecular flexibility index (Phi) is 3.29. The van der Waals surface area contributed by atoms with Crippen molar-refractivity contribution in [3.63, 3.8) is 0 Å². The summed E-state index contributed by atoms with van der Waals surface area (Å²) in [6, 6.07) is 2.04. The molecule has 0 unspecified atom stereocenters. The maximum absolute atomic E-state index is 5.62. The van der Waals surface area contributed by atoms with E-state index >= 15 is 0 Å². The number of rotatable bonds is 2. The molecule has 0 aliphatic rings. The summed E-state index contributed by atoms with van der Waals surface area (Å²) in [5.74, 6) is 0.717. The smallest absolute Gasteiger partial charge is 0.163 e. The second kappa shape index (κ2) is 4.05. The molecule has 1 aromatic rings. The van der Waals surface area contributed by atoms with Gasteiger partial charge in [-0.05, 0) is 35.8 Å². The Labute approximate surface area is 84.7 Å². The fraction of sp³-hybridized carbons (Fsp3) is 0.429. The highest BCUT2D eigenvalue weighted by atomic mass is 79.9. The van der Waals surface area contributed by atoms with Crippen LogP contribution < -0.4 is 5.32 Å². The van der Waals surface area contributed by atoms with Gasteiger partial charge >= 0.3 is 0 Å². The molecule has 3 nitrogen and oxygen atoms in total. The van der Waals surface area contributed by atoms with E-state index in [0.717, 1.165) is 10.3 Å². The minimum atomic E-state index is 0.330. The fourth-order valence-corrected chi connectivity index (χ4v) is 1.41. The summed E-state index contributed by atoms with van der Waals surface area (Å²) in [6.45, 7) is 4.06. The predicted molar refractivity (Wildman–Crippen MR) is 53.5 cm³/mol. The lowest BCUT2D eigenvalue weighted by molar-refractivity contribution is 0.871. The standard InChI is InChI=1S/C7H9BrClN3/c1-4(2)10-7-5(8)3-6(9)11-12-7/h3-4H,1-2H3,(H,10,12). The molecule has 1 rings (SSSR count). The molecule has 0 fully saturated rings. The lowest BCUT2D eigenvalue weighted by Gasteiger charge is -2.09. The van der Waals surface area contributed by atoms with Gasteiger partial charge in [-0.1, -0.05) is 11.6 Å². The highest BCUT2D eigenvalue weighted by Gasteiger charge is 2.03. The molecule has 12 heavy (non-hydrogen) atoms. The minimum Gasteiger partial charge on any atom is -0.365 e. The highest BCUT2D eigenvalue weighted by molar-refractivity contribution is 9.10. The Morgan fingerprint density at radius 1 is 1.50 bits per heavy atom. The zero-order valence-corrected chi connectivity index (χ0v) is 9.15. The average molecular weight is 251 g/mol. The van der Waals surface area contributed by atoms with Crippen LogP contribution in [0.2, 0.25) is 5.15 Å². The van der Waals surface area contributed by atoms with Gasteiger partial charge in [0.2, 0.25) is 0 Å². The predicted octanol–water partition coefficient (Wildman–Crippen LogP) is 2.71. The van der Waals surface area contributed by atoms with Gasteiger partial charge in [-0.2, -0.15) is 0 Å². The largest absolute Gasteiger partial charge is 0.365 e. The van der Waals surface area contributed by atoms with Crippen LogP contribution in [0.25, 0.3) is 0 Å². The van der Waals surface area contributed by atoms with Gasteiger partial charge in [0.15, 0.2) is 11.0 Å². The molecule has 0 atom stereocenters. The van der Waals surface area contributed by atoms with Crippen LogP contribution in [0.5, 0.6) is 0 Å². The Hall–Kier alpha value is -0.350. The van der Waals surface area contributed by atoms with Crippen LogP contribution in [0.1, 0.15) is 13.8 Å². The summed E-state index contributed by atoms with van der Waals surface area (Å²) >= 11 is 8.95. The first kappa shape index (κ1) is 9.74. The van der Waals surface area contributed by atoms with Gasteiger partial charge < -0.3 is 5.32 Å². The molecule has 1 aromatic heterocycles. The van der Waals surface area contributed by atoms with E-state index in [1.807, 2.05) is 13.8 Å². The first-order valence-electron chi connectivity index (χ1n) is 3.55. The Bertz CT molecular complexity index is 277. The lowest BCUT2D eigenvalue weighted by atomic mass is 10.4. The number of nitrogens with zero attached hydrogens (tertiary/aromatic N) is 2. The summed E-state index contributed by atoms with van der Waals surface area (Å²) in [6.07, 6.45) is 0. The maximum atomic E-state index is 5.62. The van der Waals surface area contributed by atoms with E-state index < -0.39 is 0 Å². The number of anilines is 1. The van der Waals surface area contributed by atoms with Crippen molar-refractivity contribution in [3.05, 3.63) is 15.7 Å². The van der Waals surface area contributed by atoms with Gasteiger partial charge in [-0.3, -0.25) is 0 Å². The first-order valence-corrected chi connectivity index (χ1v) is 4.72. The maximum Gasteiger partial charge on any atom is 0.163 e. The molecule has 0 amide bonds. The number of hydrogen-bond acceptors (Lipinski definition) is 3. The third-order valence-corrected chi connectivity index (χ3v) is 1.93. The van der Waals surface area contributed by atoms with Crippen LogP contribution in [0.4, 0.5) is 5.82 Å². The van der Waals surface area contributed by atoms with E-state index in [1.54, 1.807) is 6.07 Å². The summed E-state index contributed by atoms with van der Waals surface area (Å²) < 4.78 is 0.830. The van der Waals surface area contributed by atoms with E-state index in [9.17, 15) is 0 Å². The SMILES string of the molecule is CC(C)Nc1nnc(Cl)cc1Br. The molecular formula is C7H9BrClN3. The second-order valence-electron chi connectivity index (χ2n) is 2.66. The fourth-order valence-electron chi connectivity index (χ4n) is 0.719. The number of hydrogen-bond donors (Lipinski definition) is 1. The average Bonchev–Trinajstić information content (AvgIpc) is 1.94. The van der Waals surface area contributed by atoms with Crippen molar-refractivity contribution in [1.29, 1.82) is 0 Å². The summed E-state index contributed by atoms with van der Waals surface area (Å²) in [5.41, 5.74) is 0. The second-order valence-corrected chi connectivity index (χ2v) is 3.90. The first-order chi connectivity index (χ1) is 5.59. The van der Waals surface area contributed by atoms with Crippen molar-refractivity contribution < 1.29 is 0 Å². The summed E-state index contributed by atoms with van der Waals surface area (Å²) in [7, 11) is 0. The molecule has 1 heterocycles. The van der Waals surface area contributed by atoms with E-state index in [-0.39, 0.29) is 0 Å². The number of halogens is 2. The van der Waals surface area contributed by atoms with Crippen LogP contribution >= 0.6 is 27.5 Å². The molecule has 1 N–H and O–H groups in total. The Balaban J connectivity index is 2.86. The van der Waals surface area contributed by atoms with Gasteiger partial charge in [0.05, 0.1) is 4.47 Å². The van der Waals surface area contributed by atoms with E-state index in [0.29, 0.717) is 11.2 Å². The molecule has 0 bridgehead atoms. The van der Waals surface area contributed by atoms with Crippen LogP contribution in [0.15, 0.2) is 10.5 Å². The van der Waals surface area contributed by atoms with E-state index in [2.05, 4.69) is 31.4 Å². The van der Waals surface area contributed by atoms with Crippen LogP contribution in [-0.4, -0.2) is 16.2 Å². The summed E-state index contributed by atoms with van der Waals surface area (Å²) in [5, 5.41) is 11.1. The minimum absolute atomic E-state index is 0.330. The van der Waals surface area contributed by atoms with Crippen molar-refractivity contribution in [3.8, 4) is 0 Å². The topological polar surface area (TPSA) is 37.8 Å². The van der Waals surface area contributed by atoms with Crippen molar-refractivity contribution >= 4 is 33.3 Å². The highest BCUT2D eigenvalue weighted by Crippen LogP contribution is 2.21. The molecule has 0 saturated heterocycles. The zero-order valence-electron chi connectivity index (χ0n) is 6.81. The normalized spacial score (nSPS) is 10.4. The van der Waals surface area contributed by atoms with E-state index in [4.69, 9.17) is 11.6 Å². The van der Waals surface area contributed by atoms with Crippen molar-refractivity contribution in [2.24, 2.45) is 0 Å². The van der Waals surface area contributed by atoms with Crippen molar-refractivity contribution in [2.75, 3.05) is 5.32 Å². The molecular weight excluding hydrogens is 241 g/mol. The molecule has 0 saturated carbocycles. The lowest BCUT2D eigenvalue weighted by Crippen LogP contribution is -2.11. The third-order valence-electron chi connectivity index (χ3n) is 1.14. The third kappa shape index (κ3) is 2.60. The van der Waals surface area contributed by atoms with Gasteiger partial charge in [0.25, 0.3) is 0 Å². The molecule has 0 spiro atoms. The Morgan fingerprint density at radius 2 is 2.17 bits per heavy atom. The molecule has 0 aromatic carbocycles. The zero-order chi connectivity index (χ0) is 9.14. The quantitative estimate of drug-likeness (QED) is 0.877. The molecule has 0 aliphatic heterocycles. The molecule has 66 valence electrons. The van der Waals surface area contributed by atoms with Crippen LogP contribution in [0.3, 0.4) is 0 Å². The molecule has 5 heteroatoms. The van der Waals surface area contributed by atoms with Gasteiger partial charge in [-0.15, -0.1) is 10.2 Å². The van der Waals surface area contributed by atoms with Gasteiger partial charge in [0.1, 0.15) is 0 Å². The Morgan fingerprint density at radius 3 is 2.67 bits per heavy atom. The molecule has 0 aliphatic carbocycles. The van der Waals surface area contributed by atoms with Gasteiger partial charge in [-0.25, -0.2) is 0 Å².